The SMILES string of the molecule is CC(C)CC(C)N1CCCNC(C)(c2ccccc2)C1. The molecule has 2 unspecified atom stereocenters. The first-order valence-corrected chi connectivity index (χ1v) is 8.06. The second kappa shape index (κ2) is 6.73. The van der Waals surface area contributed by atoms with Gasteiger partial charge < -0.3 is 5.32 Å². The van der Waals surface area contributed by atoms with Gasteiger partial charge in [-0.3, -0.25) is 4.90 Å². The first-order chi connectivity index (χ1) is 9.51. The molecular weight excluding hydrogens is 244 g/mol. The average molecular weight is 274 g/mol. The summed E-state index contributed by atoms with van der Waals surface area (Å²) in [5.41, 5.74) is 1.48. The van der Waals surface area contributed by atoms with E-state index in [2.05, 4.69) is 68.2 Å². The van der Waals surface area contributed by atoms with Crippen molar-refractivity contribution in [2.75, 3.05) is 19.6 Å². The molecule has 0 bridgehead atoms. The zero-order valence-electron chi connectivity index (χ0n) is 13.5. The Morgan fingerprint density at radius 3 is 2.55 bits per heavy atom. The highest BCUT2D eigenvalue weighted by Gasteiger charge is 2.32. The third-order valence-electron chi connectivity index (χ3n) is 4.50. The molecule has 1 fully saturated rings. The molecule has 0 aromatic heterocycles. The van der Waals surface area contributed by atoms with Gasteiger partial charge in [-0.25, -0.2) is 0 Å². The molecule has 1 aliphatic rings. The summed E-state index contributed by atoms with van der Waals surface area (Å²) in [4.78, 5) is 2.67. The topological polar surface area (TPSA) is 15.3 Å². The van der Waals surface area contributed by atoms with Gasteiger partial charge in [0, 0.05) is 12.6 Å². The van der Waals surface area contributed by atoms with Gasteiger partial charge in [-0.1, -0.05) is 44.2 Å². The molecule has 0 spiro atoms. The van der Waals surface area contributed by atoms with Crippen LogP contribution in [0.25, 0.3) is 0 Å². The van der Waals surface area contributed by atoms with E-state index in [1.165, 1.54) is 24.9 Å². The Morgan fingerprint density at radius 1 is 1.20 bits per heavy atom. The lowest BCUT2D eigenvalue weighted by Gasteiger charge is -2.37. The summed E-state index contributed by atoms with van der Waals surface area (Å²) in [5, 5.41) is 3.77. The minimum Gasteiger partial charge on any atom is -0.307 e. The fraction of sp³-hybridized carbons (Fsp3) is 0.667. The van der Waals surface area contributed by atoms with Crippen LogP contribution >= 0.6 is 0 Å². The largest absolute Gasteiger partial charge is 0.307 e. The van der Waals surface area contributed by atoms with Gasteiger partial charge in [-0.05, 0) is 51.3 Å². The maximum Gasteiger partial charge on any atom is 0.0535 e. The molecule has 0 aliphatic carbocycles. The minimum atomic E-state index is 0.0724. The van der Waals surface area contributed by atoms with E-state index in [0.717, 1.165) is 19.0 Å². The molecule has 2 heteroatoms. The lowest BCUT2D eigenvalue weighted by Crippen LogP contribution is -2.48. The number of benzene rings is 1. The van der Waals surface area contributed by atoms with E-state index >= 15 is 0 Å². The van der Waals surface area contributed by atoms with Crippen molar-refractivity contribution in [3.05, 3.63) is 35.9 Å². The Bertz CT molecular complexity index is 401. The lowest BCUT2D eigenvalue weighted by molar-refractivity contribution is 0.155. The highest BCUT2D eigenvalue weighted by Crippen LogP contribution is 2.26. The number of nitrogens with zero attached hydrogens (tertiary/aromatic N) is 1. The third kappa shape index (κ3) is 3.83. The summed E-state index contributed by atoms with van der Waals surface area (Å²) in [6.45, 7) is 12.8. The van der Waals surface area contributed by atoms with Crippen molar-refractivity contribution in [1.82, 2.24) is 10.2 Å². The second-order valence-corrected chi connectivity index (χ2v) is 6.93. The smallest absolute Gasteiger partial charge is 0.0535 e. The van der Waals surface area contributed by atoms with Crippen LogP contribution in [0.4, 0.5) is 0 Å². The van der Waals surface area contributed by atoms with Crippen LogP contribution in [-0.2, 0) is 5.54 Å². The summed E-state index contributed by atoms with van der Waals surface area (Å²) in [7, 11) is 0. The average Bonchev–Trinajstić information content (AvgIpc) is 2.62. The Hall–Kier alpha value is -0.860. The molecule has 0 amide bonds. The second-order valence-electron chi connectivity index (χ2n) is 6.93. The number of hydrogen-bond donors (Lipinski definition) is 1. The summed E-state index contributed by atoms with van der Waals surface area (Å²) in [6, 6.07) is 11.6. The van der Waals surface area contributed by atoms with Crippen LogP contribution in [0.5, 0.6) is 0 Å². The summed E-state index contributed by atoms with van der Waals surface area (Å²) in [5.74, 6) is 0.768. The van der Waals surface area contributed by atoms with Crippen LogP contribution in [0.3, 0.4) is 0 Å². The fourth-order valence-electron chi connectivity index (χ4n) is 3.39. The van der Waals surface area contributed by atoms with E-state index in [4.69, 9.17) is 0 Å². The van der Waals surface area contributed by atoms with Crippen LogP contribution < -0.4 is 5.32 Å². The highest BCUT2D eigenvalue weighted by atomic mass is 15.2. The Labute approximate surface area is 124 Å². The number of hydrogen-bond acceptors (Lipinski definition) is 2. The predicted molar refractivity (Wildman–Crippen MR) is 86.9 cm³/mol. The van der Waals surface area contributed by atoms with Crippen molar-refractivity contribution >= 4 is 0 Å². The van der Waals surface area contributed by atoms with Crippen molar-refractivity contribution < 1.29 is 0 Å². The van der Waals surface area contributed by atoms with Gasteiger partial charge in [-0.15, -0.1) is 0 Å². The van der Waals surface area contributed by atoms with Crippen LogP contribution in [0.15, 0.2) is 30.3 Å². The molecule has 0 radical (unpaired) electrons. The van der Waals surface area contributed by atoms with Gasteiger partial charge >= 0.3 is 0 Å². The summed E-state index contributed by atoms with van der Waals surface area (Å²) in [6.07, 6.45) is 2.52. The molecule has 2 nitrogen and oxygen atoms in total. The molecule has 20 heavy (non-hydrogen) atoms. The van der Waals surface area contributed by atoms with E-state index in [1.54, 1.807) is 0 Å². The van der Waals surface area contributed by atoms with Crippen LogP contribution in [0.2, 0.25) is 0 Å². The van der Waals surface area contributed by atoms with Crippen LogP contribution in [-0.4, -0.2) is 30.6 Å². The van der Waals surface area contributed by atoms with Gasteiger partial charge in [0.2, 0.25) is 0 Å². The molecule has 1 saturated heterocycles. The van der Waals surface area contributed by atoms with Gasteiger partial charge in [-0.2, -0.15) is 0 Å². The van der Waals surface area contributed by atoms with Gasteiger partial charge in [0.05, 0.1) is 5.54 Å². The Kier molecular flexibility index (Phi) is 5.22. The quantitative estimate of drug-likeness (QED) is 0.902. The van der Waals surface area contributed by atoms with E-state index in [0.29, 0.717) is 6.04 Å². The monoisotopic (exact) mass is 274 g/mol. The maximum absolute atomic E-state index is 3.77. The van der Waals surface area contributed by atoms with Gasteiger partial charge in [0.15, 0.2) is 0 Å². The molecular formula is C18H30N2. The lowest BCUT2D eigenvalue weighted by atomic mass is 9.90. The van der Waals surface area contributed by atoms with E-state index in [1.807, 2.05) is 0 Å². The molecule has 1 aromatic carbocycles. The molecule has 1 heterocycles. The van der Waals surface area contributed by atoms with E-state index in [9.17, 15) is 0 Å². The van der Waals surface area contributed by atoms with Crippen molar-refractivity contribution in [3.63, 3.8) is 0 Å². The molecule has 112 valence electrons. The number of nitrogens with one attached hydrogen (secondary N) is 1. The van der Waals surface area contributed by atoms with Crippen molar-refractivity contribution in [2.24, 2.45) is 5.92 Å². The maximum atomic E-state index is 3.77. The van der Waals surface area contributed by atoms with Gasteiger partial charge in [0.25, 0.3) is 0 Å². The summed E-state index contributed by atoms with van der Waals surface area (Å²) >= 11 is 0. The molecule has 1 N–H and O–H groups in total. The van der Waals surface area contributed by atoms with E-state index in [-0.39, 0.29) is 5.54 Å². The zero-order chi connectivity index (χ0) is 14.6. The Balaban J connectivity index is 2.14. The van der Waals surface area contributed by atoms with Crippen molar-refractivity contribution in [1.29, 1.82) is 0 Å². The van der Waals surface area contributed by atoms with Crippen LogP contribution in [0.1, 0.15) is 46.1 Å². The molecule has 1 aliphatic heterocycles. The molecule has 2 rings (SSSR count). The first-order valence-electron chi connectivity index (χ1n) is 8.06. The van der Waals surface area contributed by atoms with Crippen LogP contribution in [0, 0.1) is 5.92 Å². The Morgan fingerprint density at radius 2 is 1.90 bits per heavy atom. The minimum absolute atomic E-state index is 0.0724. The first kappa shape index (κ1) is 15.5. The van der Waals surface area contributed by atoms with E-state index < -0.39 is 0 Å². The molecule has 2 atom stereocenters. The fourth-order valence-corrected chi connectivity index (χ4v) is 3.39. The third-order valence-corrected chi connectivity index (χ3v) is 4.50. The molecule has 0 saturated carbocycles. The zero-order valence-corrected chi connectivity index (χ0v) is 13.5. The van der Waals surface area contributed by atoms with Crippen molar-refractivity contribution in [3.8, 4) is 0 Å². The van der Waals surface area contributed by atoms with Gasteiger partial charge in [0.1, 0.15) is 0 Å². The standard InChI is InChI=1S/C18H30N2/c1-15(2)13-16(3)20-12-8-11-19-18(4,14-20)17-9-6-5-7-10-17/h5-7,9-10,15-16,19H,8,11-14H2,1-4H3. The normalized spacial score (nSPS) is 26.4. The summed E-state index contributed by atoms with van der Waals surface area (Å²) < 4.78 is 0. The predicted octanol–water partition coefficient (Wildman–Crippen LogP) is 3.63. The molecule has 1 aromatic rings. The highest BCUT2D eigenvalue weighted by molar-refractivity contribution is 5.24. The number of rotatable bonds is 4. The van der Waals surface area contributed by atoms with Crippen molar-refractivity contribution in [2.45, 2.75) is 52.1 Å².